The Morgan fingerprint density at radius 3 is 2.57 bits per heavy atom. The lowest BCUT2D eigenvalue weighted by molar-refractivity contribution is 0.759. The molecule has 2 rings (SSSR count). The fourth-order valence-electron chi connectivity index (χ4n) is 1.30. The van der Waals surface area contributed by atoms with Gasteiger partial charge in [0.25, 0.3) is 0 Å². The molecule has 2 aromatic rings. The summed E-state index contributed by atoms with van der Waals surface area (Å²) >= 11 is 0. The standard InChI is InChI=1S/C10H12N4/c1-14-10(11)12-9(13-14)7-8-5-3-2-4-6-8/h2-6H,7H2,1H3,(H2,11,12,13). The SMILES string of the molecule is Cn1nc(Cc2ccccc2)nc1N. The van der Waals surface area contributed by atoms with Crippen molar-refractivity contribution >= 4 is 5.95 Å². The fourth-order valence-corrected chi connectivity index (χ4v) is 1.30. The number of nitrogen functional groups attached to an aromatic ring is 1. The van der Waals surface area contributed by atoms with Crippen LogP contribution < -0.4 is 5.73 Å². The molecule has 0 amide bonds. The number of nitrogens with zero attached hydrogens (tertiary/aromatic N) is 3. The zero-order chi connectivity index (χ0) is 9.97. The maximum absolute atomic E-state index is 5.58. The Kier molecular flexibility index (Phi) is 2.18. The highest BCUT2D eigenvalue weighted by molar-refractivity contribution is 5.22. The molecular weight excluding hydrogens is 176 g/mol. The van der Waals surface area contributed by atoms with Crippen LogP contribution >= 0.6 is 0 Å². The van der Waals surface area contributed by atoms with E-state index in [2.05, 4.69) is 10.1 Å². The molecule has 14 heavy (non-hydrogen) atoms. The molecule has 0 saturated carbocycles. The van der Waals surface area contributed by atoms with Crippen molar-refractivity contribution in [3.63, 3.8) is 0 Å². The lowest BCUT2D eigenvalue weighted by Gasteiger charge is -1.94. The van der Waals surface area contributed by atoms with Gasteiger partial charge >= 0.3 is 0 Å². The topological polar surface area (TPSA) is 56.7 Å². The van der Waals surface area contributed by atoms with Crippen molar-refractivity contribution < 1.29 is 0 Å². The summed E-state index contributed by atoms with van der Waals surface area (Å²) in [5, 5.41) is 4.19. The van der Waals surface area contributed by atoms with Crippen molar-refractivity contribution in [2.24, 2.45) is 7.05 Å². The predicted molar refractivity (Wildman–Crippen MR) is 54.7 cm³/mol. The molecule has 72 valence electrons. The second kappa shape index (κ2) is 3.49. The Bertz CT molecular complexity index is 399. The van der Waals surface area contributed by atoms with E-state index in [1.54, 1.807) is 11.7 Å². The molecule has 0 bridgehead atoms. The van der Waals surface area contributed by atoms with Crippen LogP contribution in [0.25, 0.3) is 0 Å². The summed E-state index contributed by atoms with van der Waals surface area (Å²) in [6.07, 6.45) is 0.728. The zero-order valence-electron chi connectivity index (χ0n) is 8.01. The molecule has 0 radical (unpaired) electrons. The molecule has 1 heterocycles. The molecule has 0 unspecified atom stereocenters. The van der Waals surface area contributed by atoms with E-state index < -0.39 is 0 Å². The number of hydrogen-bond acceptors (Lipinski definition) is 3. The van der Waals surface area contributed by atoms with Gasteiger partial charge in [0.2, 0.25) is 5.95 Å². The van der Waals surface area contributed by atoms with Crippen molar-refractivity contribution in [2.75, 3.05) is 5.73 Å². The van der Waals surface area contributed by atoms with E-state index in [4.69, 9.17) is 5.73 Å². The number of aryl methyl sites for hydroxylation is 1. The van der Waals surface area contributed by atoms with E-state index in [9.17, 15) is 0 Å². The van der Waals surface area contributed by atoms with Crippen molar-refractivity contribution in [2.45, 2.75) is 6.42 Å². The third kappa shape index (κ3) is 1.74. The van der Waals surface area contributed by atoms with Crippen LogP contribution in [0.5, 0.6) is 0 Å². The van der Waals surface area contributed by atoms with E-state index in [1.807, 2.05) is 30.3 Å². The summed E-state index contributed by atoms with van der Waals surface area (Å²) < 4.78 is 1.58. The minimum Gasteiger partial charge on any atom is -0.368 e. The lowest BCUT2D eigenvalue weighted by Crippen LogP contribution is -1.97. The first kappa shape index (κ1) is 8.74. The van der Waals surface area contributed by atoms with Gasteiger partial charge in [0.15, 0.2) is 5.82 Å². The molecule has 0 atom stereocenters. The van der Waals surface area contributed by atoms with Gasteiger partial charge < -0.3 is 5.73 Å². The van der Waals surface area contributed by atoms with Gasteiger partial charge in [-0.1, -0.05) is 30.3 Å². The highest BCUT2D eigenvalue weighted by Gasteiger charge is 2.03. The number of benzene rings is 1. The highest BCUT2D eigenvalue weighted by Crippen LogP contribution is 2.06. The Morgan fingerprint density at radius 1 is 1.29 bits per heavy atom. The maximum Gasteiger partial charge on any atom is 0.218 e. The number of hydrogen-bond donors (Lipinski definition) is 1. The smallest absolute Gasteiger partial charge is 0.218 e. The molecule has 0 aliphatic heterocycles. The molecule has 0 saturated heterocycles. The van der Waals surface area contributed by atoms with Crippen LogP contribution in [-0.2, 0) is 13.5 Å². The van der Waals surface area contributed by atoms with Gasteiger partial charge in [0, 0.05) is 13.5 Å². The van der Waals surface area contributed by atoms with Gasteiger partial charge in [0.1, 0.15) is 0 Å². The monoisotopic (exact) mass is 188 g/mol. The quantitative estimate of drug-likeness (QED) is 0.764. The van der Waals surface area contributed by atoms with E-state index in [1.165, 1.54) is 5.56 Å². The molecule has 0 fully saturated rings. The fraction of sp³-hybridized carbons (Fsp3) is 0.200. The highest BCUT2D eigenvalue weighted by atomic mass is 15.4. The number of anilines is 1. The predicted octanol–water partition coefficient (Wildman–Crippen LogP) is 0.988. The number of nitrogens with two attached hydrogens (primary N) is 1. The number of aromatic nitrogens is 3. The molecule has 4 heteroatoms. The van der Waals surface area contributed by atoms with Gasteiger partial charge in [-0.05, 0) is 5.56 Å². The van der Waals surface area contributed by atoms with Crippen LogP contribution in [0.3, 0.4) is 0 Å². The first-order chi connectivity index (χ1) is 6.75. The summed E-state index contributed by atoms with van der Waals surface area (Å²) in [6, 6.07) is 10.1. The lowest BCUT2D eigenvalue weighted by atomic mass is 10.1. The molecule has 0 spiro atoms. The second-order valence-electron chi connectivity index (χ2n) is 3.17. The van der Waals surface area contributed by atoms with Gasteiger partial charge in [-0.2, -0.15) is 10.1 Å². The molecule has 2 N–H and O–H groups in total. The maximum atomic E-state index is 5.58. The minimum absolute atomic E-state index is 0.455. The molecule has 4 nitrogen and oxygen atoms in total. The third-order valence-electron chi connectivity index (χ3n) is 2.05. The van der Waals surface area contributed by atoms with E-state index in [0.29, 0.717) is 5.95 Å². The Balaban J connectivity index is 2.19. The zero-order valence-corrected chi connectivity index (χ0v) is 8.01. The van der Waals surface area contributed by atoms with E-state index in [-0.39, 0.29) is 0 Å². The van der Waals surface area contributed by atoms with Crippen molar-refractivity contribution in [3.8, 4) is 0 Å². The molecule has 1 aromatic heterocycles. The Morgan fingerprint density at radius 2 is 2.00 bits per heavy atom. The van der Waals surface area contributed by atoms with E-state index in [0.717, 1.165) is 12.2 Å². The minimum atomic E-state index is 0.455. The van der Waals surface area contributed by atoms with Crippen LogP contribution in [0.15, 0.2) is 30.3 Å². The van der Waals surface area contributed by atoms with Crippen LogP contribution in [0.4, 0.5) is 5.95 Å². The summed E-state index contributed by atoms with van der Waals surface area (Å²) in [7, 11) is 1.79. The molecule has 0 aliphatic rings. The number of rotatable bonds is 2. The van der Waals surface area contributed by atoms with Gasteiger partial charge in [0.05, 0.1) is 0 Å². The Hall–Kier alpha value is -1.84. The van der Waals surface area contributed by atoms with Crippen LogP contribution in [-0.4, -0.2) is 14.8 Å². The summed E-state index contributed by atoms with van der Waals surface area (Å²) in [4.78, 5) is 4.14. The first-order valence-electron chi connectivity index (χ1n) is 4.45. The van der Waals surface area contributed by atoms with Crippen LogP contribution in [0.1, 0.15) is 11.4 Å². The molecular formula is C10H12N4. The van der Waals surface area contributed by atoms with Gasteiger partial charge in [-0.3, -0.25) is 0 Å². The van der Waals surface area contributed by atoms with Crippen molar-refractivity contribution in [1.82, 2.24) is 14.8 Å². The van der Waals surface area contributed by atoms with Gasteiger partial charge in [-0.15, -0.1) is 0 Å². The summed E-state index contributed by atoms with van der Waals surface area (Å²) in [6.45, 7) is 0. The third-order valence-corrected chi connectivity index (χ3v) is 2.05. The van der Waals surface area contributed by atoms with Crippen LogP contribution in [0, 0.1) is 0 Å². The average Bonchev–Trinajstić information content (AvgIpc) is 2.47. The average molecular weight is 188 g/mol. The Labute approximate surface area is 82.4 Å². The molecule has 1 aromatic carbocycles. The largest absolute Gasteiger partial charge is 0.368 e. The van der Waals surface area contributed by atoms with Crippen molar-refractivity contribution in [1.29, 1.82) is 0 Å². The van der Waals surface area contributed by atoms with Gasteiger partial charge in [-0.25, -0.2) is 4.68 Å². The molecule has 0 aliphatic carbocycles. The van der Waals surface area contributed by atoms with Crippen LogP contribution in [0.2, 0.25) is 0 Å². The second-order valence-corrected chi connectivity index (χ2v) is 3.17. The van der Waals surface area contributed by atoms with E-state index >= 15 is 0 Å². The first-order valence-corrected chi connectivity index (χ1v) is 4.45. The van der Waals surface area contributed by atoms with Crippen molar-refractivity contribution in [3.05, 3.63) is 41.7 Å². The summed E-state index contributed by atoms with van der Waals surface area (Å²) in [5.74, 6) is 1.21. The normalized spacial score (nSPS) is 10.4. The summed E-state index contributed by atoms with van der Waals surface area (Å²) in [5.41, 5.74) is 6.78.